The van der Waals surface area contributed by atoms with Crippen LogP contribution < -0.4 is 11.5 Å². The number of nitrogen functional groups attached to an aromatic ring is 1. The molecular weight excluding hydrogens is 588 g/mol. The van der Waals surface area contributed by atoms with Gasteiger partial charge in [-0.3, -0.25) is 10.2 Å². The predicted octanol–water partition coefficient (Wildman–Crippen LogP) is 7.08. The third kappa shape index (κ3) is 6.35. The van der Waals surface area contributed by atoms with Gasteiger partial charge in [0.2, 0.25) is 0 Å². The zero-order chi connectivity index (χ0) is 24.8. The number of aliphatic imine (C=N–C) groups is 1. The van der Waals surface area contributed by atoms with Crippen LogP contribution in [0.2, 0.25) is 0 Å². The lowest BCUT2D eigenvalue weighted by molar-refractivity contribution is 0.0698. The van der Waals surface area contributed by atoms with Crippen molar-refractivity contribution in [1.82, 2.24) is 0 Å². The monoisotopic (exact) mass is 614 g/mol. The van der Waals surface area contributed by atoms with E-state index in [1.54, 1.807) is 12.3 Å². The summed E-state index contributed by atoms with van der Waals surface area (Å²) in [6.07, 6.45) is 3.14. The van der Waals surface area contributed by atoms with Crippen LogP contribution in [0.1, 0.15) is 41.1 Å². The van der Waals surface area contributed by atoms with Crippen LogP contribution in [0.3, 0.4) is 0 Å². The zero-order valence-electron chi connectivity index (χ0n) is 17.8. The number of amides is 1. The van der Waals surface area contributed by atoms with E-state index in [0.717, 1.165) is 37.9 Å². The summed E-state index contributed by atoms with van der Waals surface area (Å²) in [5.74, 6) is -1.16. The summed E-state index contributed by atoms with van der Waals surface area (Å²) >= 11 is 6.89. The van der Waals surface area contributed by atoms with E-state index in [2.05, 4.69) is 48.7 Å². The molecule has 0 spiro atoms. The Morgan fingerprint density at radius 2 is 1.47 bits per heavy atom. The average molecular weight is 616 g/mol. The molecule has 0 bridgehead atoms. The topological polar surface area (TPSA) is 143 Å². The second kappa shape index (κ2) is 13.5. The lowest BCUT2D eigenvalue weighted by Gasteiger charge is -2.13. The summed E-state index contributed by atoms with van der Waals surface area (Å²) in [5.41, 5.74) is 12.3. The SMILES string of the molecule is C.C.N=CN.Nc1c(C(=O)O)cc2ccccc2c1Br.O=C1N=CCc2c1cc1ccccc1c2Br. The van der Waals surface area contributed by atoms with E-state index in [1.165, 1.54) is 0 Å². The van der Waals surface area contributed by atoms with Crippen LogP contribution in [0.25, 0.3) is 21.5 Å². The summed E-state index contributed by atoms with van der Waals surface area (Å²) < 4.78 is 1.65. The Hall–Kier alpha value is -3.56. The van der Waals surface area contributed by atoms with Gasteiger partial charge in [0.05, 0.1) is 17.6 Å². The number of hydrogen-bond acceptors (Lipinski definition) is 4. The number of aromatic carboxylic acids is 1. The molecule has 0 fully saturated rings. The van der Waals surface area contributed by atoms with Crippen molar-refractivity contribution in [3.8, 4) is 0 Å². The summed E-state index contributed by atoms with van der Waals surface area (Å²) in [4.78, 5) is 26.4. The van der Waals surface area contributed by atoms with Crippen LogP contribution in [-0.2, 0) is 6.42 Å². The normalized spacial score (nSPS) is 11.0. The van der Waals surface area contributed by atoms with E-state index in [9.17, 15) is 9.59 Å². The number of hydrogen-bond donors (Lipinski definition) is 4. The van der Waals surface area contributed by atoms with E-state index in [4.69, 9.17) is 16.2 Å². The van der Waals surface area contributed by atoms with Gasteiger partial charge >= 0.3 is 5.97 Å². The zero-order valence-corrected chi connectivity index (χ0v) is 20.9. The van der Waals surface area contributed by atoms with E-state index in [0.29, 0.717) is 16.5 Å². The molecule has 5 rings (SSSR count). The molecule has 0 saturated carbocycles. The number of carboxylic acid groups (broad SMARTS) is 1. The highest BCUT2D eigenvalue weighted by atomic mass is 79.9. The molecule has 9 heteroatoms. The Morgan fingerprint density at radius 3 is 2.03 bits per heavy atom. The molecule has 4 aromatic carbocycles. The Balaban J connectivity index is 0.000000310. The van der Waals surface area contributed by atoms with Crippen molar-refractivity contribution >= 4 is 83.5 Å². The number of rotatable bonds is 1. The number of fused-ring (bicyclic) bond motifs is 3. The Labute approximate surface area is 227 Å². The van der Waals surface area contributed by atoms with Gasteiger partial charge < -0.3 is 16.6 Å². The maximum Gasteiger partial charge on any atom is 0.337 e. The minimum atomic E-state index is -1.01. The number of anilines is 1. The van der Waals surface area contributed by atoms with Crippen molar-refractivity contribution < 1.29 is 14.7 Å². The van der Waals surface area contributed by atoms with Crippen molar-refractivity contribution in [3.05, 3.63) is 86.3 Å². The molecule has 1 amide bonds. The van der Waals surface area contributed by atoms with Crippen molar-refractivity contribution in [2.45, 2.75) is 21.3 Å². The third-order valence-corrected chi connectivity index (χ3v) is 6.84. The molecule has 6 N–H and O–H groups in total. The lowest BCUT2D eigenvalue weighted by atomic mass is 9.97. The number of nitrogens with two attached hydrogens (primary N) is 2. The van der Waals surface area contributed by atoms with Gasteiger partial charge in [-0.05, 0) is 71.1 Å². The molecule has 7 nitrogen and oxygen atoms in total. The summed E-state index contributed by atoms with van der Waals surface area (Å²) in [5, 5.41) is 18.8. The van der Waals surface area contributed by atoms with E-state index in [1.807, 2.05) is 48.5 Å². The van der Waals surface area contributed by atoms with Gasteiger partial charge in [-0.25, -0.2) is 9.79 Å². The first-order chi connectivity index (χ1) is 16.3. The Morgan fingerprint density at radius 1 is 0.972 bits per heavy atom. The maximum atomic E-state index is 11.7. The number of carbonyl (C=O) groups excluding carboxylic acids is 1. The fourth-order valence-electron chi connectivity index (χ4n) is 3.52. The number of nitrogens with one attached hydrogen (secondary N) is 1. The summed E-state index contributed by atoms with van der Waals surface area (Å²) in [6.45, 7) is 0. The maximum absolute atomic E-state index is 11.7. The molecule has 4 aromatic rings. The van der Waals surface area contributed by atoms with Gasteiger partial charge in [-0.1, -0.05) is 63.4 Å². The molecule has 0 atom stereocenters. The van der Waals surface area contributed by atoms with Crippen LogP contribution >= 0.6 is 31.9 Å². The highest BCUT2D eigenvalue weighted by Crippen LogP contribution is 2.33. The fourth-order valence-corrected chi connectivity index (χ4v) is 4.83. The molecule has 0 aromatic heterocycles. The van der Waals surface area contributed by atoms with Crippen LogP contribution in [-0.4, -0.2) is 29.5 Å². The molecule has 188 valence electrons. The molecule has 0 aliphatic carbocycles. The van der Waals surface area contributed by atoms with Crippen LogP contribution in [0.15, 0.2) is 74.6 Å². The highest BCUT2D eigenvalue weighted by Gasteiger charge is 2.18. The summed E-state index contributed by atoms with van der Waals surface area (Å²) in [7, 11) is 0. The molecule has 1 aliphatic rings. The van der Waals surface area contributed by atoms with E-state index >= 15 is 0 Å². The molecule has 0 unspecified atom stereocenters. The first-order valence-corrected chi connectivity index (χ1v) is 11.6. The molecule has 1 aliphatic heterocycles. The fraction of sp³-hybridized carbons (Fsp3) is 0.111. The number of benzene rings is 4. The molecule has 0 saturated heterocycles. The van der Waals surface area contributed by atoms with E-state index < -0.39 is 5.97 Å². The number of carbonyl (C=O) groups is 2. The molecule has 36 heavy (non-hydrogen) atoms. The quantitative estimate of drug-likeness (QED) is 0.103. The van der Waals surface area contributed by atoms with Gasteiger partial charge in [0.15, 0.2) is 0 Å². The highest BCUT2D eigenvalue weighted by molar-refractivity contribution is 9.11. The number of carboxylic acids is 1. The first-order valence-electron chi connectivity index (χ1n) is 9.97. The second-order valence-corrected chi connectivity index (χ2v) is 8.69. The standard InChI is InChI=1S/C13H8BrNO.C11H8BrNO2.CH4N2.2CH4/c14-12-9-4-2-1-3-8(9)7-11-10(12)5-6-15-13(11)16;12-9-7-4-2-1-3-6(7)5-8(10(9)13)11(14)15;2-1-3;;/h1-4,6-7H,5H2;1-5H,13H2,(H,14,15);1H,(H3,2,3);2*1H4. The van der Waals surface area contributed by atoms with Gasteiger partial charge in [0.25, 0.3) is 5.91 Å². The number of nitrogens with zero attached hydrogens (tertiary/aromatic N) is 1. The molecular formula is C27H28Br2N4O3. The van der Waals surface area contributed by atoms with Crippen LogP contribution in [0.4, 0.5) is 5.69 Å². The van der Waals surface area contributed by atoms with Gasteiger partial charge in [0, 0.05) is 27.1 Å². The largest absolute Gasteiger partial charge is 0.478 e. The number of halogens is 2. The van der Waals surface area contributed by atoms with Gasteiger partial charge in [-0.15, -0.1) is 0 Å². The Kier molecular flexibility index (Phi) is 11.4. The lowest BCUT2D eigenvalue weighted by Crippen LogP contribution is -2.09. The van der Waals surface area contributed by atoms with Crippen LogP contribution in [0, 0.1) is 5.41 Å². The third-order valence-electron chi connectivity index (χ3n) is 5.08. The average Bonchev–Trinajstić information content (AvgIpc) is 2.83. The van der Waals surface area contributed by atoms with Crippen molar-refractivity contribution in [2.24, 2.45) is 10.7 Å². The molecule has 1 heterocycles. The summed E-state index contributed by atoms with van der Waals surface area (Å²) in [6, 6.07) is 19.0. The van der Waals surface area contributed by atoms with Gasteiger partial charge in [-0.2, -0.15) is 0 Å². The smallest absolute Gasteiger partial charge is 0.337 e. The van der Waals surface area contributed by atoms with Crippen molar-refractivity contribution in [1.29, 1.82) is 5.41 Å². The second-order valence-electron chi connectivity index (χ2n) is 7.10. The Bertz CT molecular complexity index is 1450. The van der Waals surface area contributed by atoms with Gasteiger partial charge in [0.1, 0.15) is 0 Å². The minimum Gasteiger partial charge on any atom is -0.478 e. The molecule has 0 radical (unpaired) electrons. The minimum absolute atomic E-state index is 0. The van der Waals surface area contributed by atoms with E-state index in [-0.39, 0.29) is 32.0 Å². The first kappa shape index (κ1) is 30.5. The van der Waals surface area contributed by atoms with Crippen LogP contribution in [0.5, 0.6) is 0 Å². The predicted molar refractivity (Wildman–Crippen MR) is 158 cm³/mol. The van der Waals surface area contributed by atoms with Crippen molar-refractivity contribution in [2.75, 3.05) is 5.73 Å². The van der Waals surface area contributed by atoms with Crippen molar-refractivity contribution in [3.63, 3.8) is 0 Å².